The number of aromatic nitrogens is 3. The maximum Gasteiger partial charge on any atom is 0.225 e. The third-order valence-electron chi connectivity index (χ3n) is 3.33. The highest BCUT2D eigenvalue weighted by Gasteiger charge is 2.13. The van der Waals surface area contributed by atoms with Crippen molar-refractivity contribution in [2.24, 2.45) is 0 Å². The van der Waals surface area contributed by atoms with E-state index in [-0.39, 0.29) is 5.91 Å². The topological polar surface area (TPSA) is 67.8 Å². The minimum Gasteiger partial charge on any atom is -0.352 e. The van der Waals surface area contributed by atoms with Crippen molar-refractivity contribution in [3.63, 3.8) is 0 Å². The highest BCUT2D eigenvalue weighted by Crippen LogP contribution is 2.27. The van der Waals surface area contributed by atoms with Crippen LogP contribution in [-0.2, 0) is 17.8 Å². The van der Waals surface area contributed by atoms with Gasteiger partial charge in [0.05, 0.1) is 12.1 Å². The number of nitrogens with one attached hydrogen (secondary N) is 1. The van der Waals surface area contributed by atoms with E-state index < -0.39 is 0 Å². The van der Waals surface area contributed by atoms with Gasteiger partial charge in [-0.25, -0.2) is 4.98 Å². The second-order valence-corrected chi connectivity index (χ2v) is 6.17. The van der Waals surface area contributed by atoms with E-state index in [1.54, 1.807) is 24.8 Å². The van der Waals surface area contributed by atoms with Gasteiger partial charge in [-0.1, -0.05) is 6.07 Å². The molecule has 0 aliphatic heterocycles. The van der Waals surface area contributed by atoms with Crippen LogP contribution in [0.1, 0.15) is 16.1 Å². The Morgan fingerprint density at radius 1 is 1.17 bits per heavy atom. The number of carbonyl (C=O) groups excluding carboxylic acids is 1. The van der Waals surface area contributed by atoms with Crippen LogP contribution in [0.3, 0.4) is 0 Å². The Morgan fingerprint density at radius 2 is 1.96 bits per heavy atom. The van der Waals surface area contributed by atoms with Crippen molar-refractivity contribution in [2.45, 2.75) is 19.9 Å². The van der Waals surface area contributed by atoms with Crippen LogP contribution in [0.15, 0.2) is 49.1 Å². The van der Waals surface area contributed by atoms with Gasteiger partial charge in [-0.2, -0.15) is 0 Å². The third kappa shape index (κ3) is 3.98. The number of thiazole rings is 1. The van der Waals surface area contributed by atoms with Crippen molar-refractivity contribution < 1.29 is 4.79 Å². The van der Waals surface area contributed by atoms with E-state index in [4.69, 9.17) is 0 Å². The van der Waals surface area contributed by atoms with Gasteiger partial charge < -0.3 is 5.32 Å². The monoisotopic (exact) mass is 324 g/mol. The van der Waals surface area contributed by atoms with Crippen molar-refractivity contribution in [1.82, 2.24) is 20.3 Å². The van der Waals surface area contributed by atoms with Gasteiger partial charge in [0.2, 0.25) is 5.91 Å². The molecule has 6 heteroatoms. The van der Waals surface area contributed by atoms with Gasteiger partial charge in [0.25, 0.3) is 0 Å². The predicted molar refractivity (Wildman–Crippen MR) is 89.9 cm³/mol. The molecule has 0 radical (unpaired) electrons. The first-order chi connectivity index (χ1) is 11.2. The molecule has 1 N–H and O–H groups in total. The van der Waals surface area contributed by atoms with Gasteiger partial charge >= 0.3 is 0 Å². The summed E-state index contributed by atoms with van der Waals surface area (Å²) in [6.45, 7) is 2.42. The summed E-state index contributed by atoms with van der Waals surface area (Å²) in [5.41, 5.74) is 2.85. The van der Waals surface area contributed by atoms with Crippen molar-refractivity contribution in [1.29, 1.82) is 0 Å². The Kier molecular flexibility index (Phi) is 4.73. The quantitative estimate of drug-likeness (QED) is 0.783. The van der Waals surface area contributed by atoms with Gasteiger partial charge in [-0.3, -0.25) is 14.8 Å². The first-order valence-electron chi connectivity index (χ1n) is 7.24. The number of pyridine rings is 2. The van der Waals surface area contributed by atoms with Crippen LogP contribution >= 0.6 is 11.3 Å². The van der Waals surface area contributed by atoms with Crippen LogP contribution in [0.2, 0.25) is 0 Å². The molecular formula is C17H16N4OS. The lowest BCUT2D eigenvalue weighted by Crippen LogP contribution is -2.24. The van der Waals surface area contributed by atoms with E-state index in [0.29, 0.717) is 13.0 Å². The fraction of sp³-hybridized carbons (Fsp3) is 0.176. The summed E-state index contributed by atoms with van der Waals surface area (Å²) in [6, 6.07) is 7.64. The molecule has 0 aliphatic carbocycles. The van der Waals surface area contributed by atoms with Crippen LogP contribution < -0.4 is 5.32 Å². The van der Waals surface area contributed by atoms with E-state index in [1.807, 2.05) is 31.2 Å². The minimum atomic E-state index is -0.0154. The van der Waals surface area contributed by atoms with Crippen LogP contribution in [0, 0.1) is 6.92 Å². The number of hydrogen-bond acceptors (Lipinski definition) is 5. The van der Waals surface area contributed by atoms with E-state index in [0.717, 1.165) is 26.7 Å². The van der Waals surface area contributed by atoms with E-state index in [2.05, 4.69) is 20.3 Å². The molecule has 0 fully saturated rings. The van der Waals surface area contributed by atoms with Crippen molar-refractivity contribution in [3.8, 4) is 10.6 Å². The number of rotatable bonds is 5. The molecule has 3 rings (SSSR count). The number of amides is 1. The lowest BCUT2D eigenvalue weighted by atomic mass is 10.2. The standard InChI is InChI=1S/C17H16N4OS/c1-12-15(23-17(21-12)14-5-3-7-19-11-14)8-16(22)20-10-13-4-2-6-18-9-13/h2-7,9,11H,8,10H2,1H3,(H,20,22). The van der Waals surface area contributed by atoms with Gasteiger partial charge in [0, 0.05) is 41.8 Å². The molecule has 0 saturated carbocycles. The summed E-state index contributed by atoms with van der Waals surface area (Å²) in [5, 5.41) is 3.81. The number of nitrogens with zero attached hydrogens (tertiary/aromatic N) is 3. The summed E-state index contributed by atoms with van der Waals surface area (Å²) in [7, 11) is 0. The summed E-state index contributed by atoms with van der Waals surface area (Å²) in [5.74, 6) is -0.0154. The Labute approximate surface area is 138 Å². The Hall–Kier alpha value is -2.60. The molecule has 0 aliphatic rings. The molecule has 116 valence electrons. The molecule has 0 bridgehead atoms. The summed E-state index contributed by atoms with van der Waals surface area (Å²) in [6.07, 6.45) is 7.32. The van der Waals surface area contributed by atoms with E-state index >= 15 is 0 Å². The van der Waals surface area contributed by atoms with E-state index in [9.17, 15) is 4.79 Å². The molecule has 0 spiro atoms. The summed E-state index contributed by atoms with van der Waals surface area (Å²) in [4.78, 5) is 25.8. The van der Waals surface area contributed by atoms with Crippen molar-refractivity contribution in [3.05, 3.63) is 65.2 Å². The summed E-state index contributed by atoms with van der Waals surface area (Å²) >= 11 is 1.54. The van der Waals surface area contributed by atoms with E-state index in [1.165, 1.54) is 11.3 Å². The Balaban J connectivity index is 1.64. The molecule has 0 aromatic carbocycles. The first-order valence-corrected chi connectivity index (χ1v) is 8.06. The van der Waals surface area contributed by atoms with Crippen LogP contribution in [-0.4, -0.2) is 20.9 Å². The predicted octanol–water partition coefficient (Wildman–Crippen LogP) is 2.77. The molecule has 1 amide bonds. The first kappa shape index (κ1) is 15.3. The molecule has 5 nitrogen and oxygen atoms in total. The maximum atomic E-state index is 12.1. The number of carbonyl (C=O) groups is 1. The largest absolute Gasteiger partial charge is 0.352 e. The minimum absolute atomic E-state index is 0.0154. The molecular weight excluding hydrogens is 308 g/mol. The van der Waals surface area contributed by atoms with Crippen LogP contribution in [0.5, 0.6) is 0 Å². The van der Waals surface area contributed by atoms with Gasteiger partial charge in [0.1, 0.15) is 5.01 Å². The van der Waals surface area contributed by atoms with Crippen molar-refractivity contribution in [2.75, 3.05) is 0 Å². The van der Waals surface area contributed by atoms with Gasteiger partial charge in [-0.05, 0) is 30.7 Å². The zero-order valence-electron chi connectivity index (χ0n) is 12.7. The normalized spacial score (nSPS) is 10.5. The second-order valence-electron chi connectivity index (χ2n) is 5.08. The second kappa shape index (κ2) is 7.11. The van der Waals surface area contributed by atoms with Gasteiger partial charge in [-0.15, -0.1) is 11.3 Å². The molecule has 3 aromatic heterocycles. The maximum absolute atomic E-state index is 12.1. The van der Waals surface area contributed by atoms with Gasteiger partial charge in [0.15, 0.2) is 0 Å². The molecule has 0 unspecified atom stereocenters. The zero-order valence-corrected chi connectivity index (χ0v) is 13.5. The third-order valence-corrected chi connectivity index (χ3v) is 4.54. The highest BCUT2D eigenvalue weighted by atomic mass is 32.1. The summed E-state index contributed by atoms with van der Waals surface area (Å²) < 4.78 is 0. The molecule has 23 heavy (non-hydrogen) atoms. The number of aryl methyl sites for hydroxylation is 1. The highest BCUT2D eigenvalue weighted by molar-refractivity contribution is 7.15. The average Bonchev–Trinajstić information content (AvgIpc) is 2.95. The lowest BCUT2D eigenvalue weighted by Gasteiger charge is -2.04. The lowest BCUT2D eigenvalue weighted by molar-refractivity contribution is -0.120. The smallest absolute Gasteiger partial charge is 0.225 e. The SMILES string of the molecule is Cc1nc(-c2cccnc2)sc1CC(=O)NCc1cccnc1. The van der Waals surface area contributed by atoms with Crippen LogP contribution in [0.4, 0.5) is 0 Å². The fourth-order valence-corrected chi connectivity index (χ4v) is 3.17. The van der Waals surface area contributed by atoms with Crippen molar-refractivity contribution >= 4 is 17.2 Å². The molecule has 0 saturated heterocycles. The Morgan fingerprint density at radius 3 is 2.65 bits per heavy atom. The average molecular weight is 324 g/mol. The molecule has 0 atom stereocenters. The zero-order chi connectivity index (χ0) is 16.1. The van der Waals surface area contributed by atoms with Crippen LogP contribution in [0.25, 0.3) is 10.6 Å². The molecule has 3 heterocycles. The Bertz CT molecular complexity index is 787. The molecule has 3 aromatic rings. The fourth-order valence-electron chi connectivity index (χ4n) is 2.12. The number of hydrogen-bond donors (Lipinski definition) is 1.